The molecular weight excluding hydrogens is 422 g/mol. The number of para-hydroxylation sites is 1. The molecule has 0 aromatic heterocycles. The van der Waals surface area contributed by atoms with Gasteiger partial charge in [0.1, 0.15) is 6.54 Å². The predicted octanol–water partition coefficient (Wildman–Crippen LogP) is 4.19. The van der Waals surface area contributed by atoms with Gasteiger partial charge in [-0.15, -0.1) is 0 Å². The number of amides is 1. The highest BCUT2D eigenvalue weighted by Gasteiger charge is 2.26. The van der Waals surface area contributed by atoms with Crippen LogP contribution in [-0.4, -0.2) is 27.1 Å². The highest BCUT2D eigenvalue weighted by atomic mass is 32.2. The molecule has 32 heavy (non-hydrogen) atoms. The van der Waals surface area contributed by atoms with E-state index in [9.17, 15) is 13.2 Å². The van der Waals surface area contributed by atoms with Crippen LogP contribution in [0.5, 0.6) is 0 Å². The van der Waals surface area contributed by atoms with Crippen molar-refractivity contribution in [1.29, 1.82) is 0 Å². The van der Waals surface area contributed by atoms with Crippen molar-refractivity contribution in [3.63, 3.8) is 0 Å². The normalized spacial score (nSPS) is 11.5. The smallest absolute Gasteiger partial charge is 0.264 e. The first-order valence-electron chi connectivity index (χ1n) is 9.98. The number of benzene rings is 4. The van der Waals surface area contributed by atoms with Gasteiger partial charge in [0.25, 0.3) is 15.9 Å². The molecule has 0 aliphatic carbocycles. The van der Waals surface area contributed by atoms with E-state index >= 15 is 0 Å². The quantitative estimate of drug-likeness (QED) is 0.344. The molecule has 7 heteroatoms. The molecule has 4 aromatic carbocycles. The average molecular weight is 444 g/mol. The first-order valence-corrected chi connectivity index (χ1v) is 11.4. The minimum absolute atomic E-state index is 0.107. The van der Waals surface area contributed by atoms with Gasteiger partial charge in [0.15, 0.2) is 0 Å². The molecule has 160 valence electrons. The molecule has 0 fully saturated rings. The van der Waals surface area contributed by atoms with E-state index in [1.54, 1.807) is 54.7 Å². The molecule has 0 atom stereocenters. The van der Waals surface area contributed by atoms with Crippen LogP contribution in [0.15, 0.2) is 113 Å². The van der Waals surface area contributed by atoms with Crippen LogP contribution in [0.25, 0.3) is 10.8 Å². The molecule has 0 radical (unpaired) electrons. The topological polar surface area (TPSA) is 78.8 Å². The fraction of sp³-hybridized carbons (Fsp3) is 0.0400. The molecule has 6 nitrogen and oxygen atoms in total. The second-order valence-corrected chi connectivity index (χ2v) is 8.88. The second kappa shape index (κ2) is 9.45. The fourth-order valence-corrected chi connectivity index (χ4v) is 4.77. The number of anilines is 1. The average Bonchev–Trinajstić information content (AvgIpc) is 2.84. The first kappa shape index (κ1) is 21.3. The summed E-state index contributed by atoms with van der Waals surface area (Å²) >= 11 is 0. The molecular formula is C25H21N3O3S. The molecule has 0 spiro atoms. The van der Waals surface area contributed by atoms with Gasteiger partial charge in [-0.25, -0.2) is 13.8 Å². The van der Waals surface area contributed by atoms with Crippen LogP contribution < -0.4 is 9.73 Å². The third-order valence-electron chi connectivity index (χ3n) is 4.88. The highest BCUT2D eigenvalue weighted by Crippen LogP contribution is 2.23. The summed E-state index contributed by atoms with van der Waals surface area (Å²) in [6.07, 6.45) is 1.55. The Balaban J connectivity index is 1.55. The van der Waals surface area contributed by atoms with Crippen molar-refractivity contribution in [1.82, 2.24) is 5.43 Å². The Kier molecular flexibility index (Phi) is 6.28. The van der Waals surface area contributed by atoms with Crippen molar-refractivity contribution in [2.24, 2.45) is 5.10 Å². The lowest BCUT2D eigenvalue weighted by Gasteiger charge is -2.23. The Morgan fingerprint density at radius 1 is 0.812 bits per heavy atom. The summed E-state index contributed by atoms with van der Waals surface area (Å²) in [5.74, 6) is -0.551. The van der Waals surface area contributed by atoms with E-state index in [0.29, 0.717) is 5.69 Å². The number of carbonyl (C=O) groups is 1. The molecule has 1 N–H and O–H groups in total. The van der Waals surface area contributed by atoms with E-state index in [2.05, 4.69) is 10.5 Å². The van der Waals surface area contributed by atoms with Crippen LogP contribution in [0.3, 0.4) is 0 Å². The van der Waals surface area contributed by atoms with Crippen LogP contribution in [0.4, 0.5) is 5.69 Å². The Morgan fingerprint density at radius 2 is 1.44 bits per heavy atom. The predicted molar refractivity (Wildman–Crippen MR) is 127 cm³/mol. The standard InChI is InChI=1S/C25H21N3O3S/c29-25(27-26-18-21-12-9-11-20-10-7-8-17-24(20)21)19-28(22-13-3-1-4-14-22)32(30,31)23-15-5-2-6-16-23/h1-18H,19H2,(H,27,29)/b26-18-. The van der Waals surface area contributed by atoms with Gasteiger partial charge in [-0.2, -0.15) is 5.10 Å². The van der Waals surface area contributed by atoms with Crippen LogP contribution in [-0.2, 0) is 14.8 Å². The van der Waals surface area contributed by atoms with Gasteiger partial charge in [-0.05, 0) is 35.0 Å². The summed E-state index contributed by atoms with van der Waals surface area (Å²) in [5, 5.41) is 6.11. The van der Waals surface area contributed by atoms with Crippen LogP contribution in [0.1, 0.15) is 5.56 Å². The third kappa shape index (κ3) is 4.68. The molecule has 0 saturated heterocycles. The number of sulfonamides is 1. The Morgan fingerprint density at radius 3 is 2.19 bits per heavy atom. The lowest BCUT2D eigenvalue weighted by atomic mass is 10.1. The number of hydrogen-bond donors (Lipinski definition) is 1. The van der Waals surface area contributed by atoms with Crippen LogP contribution in [0, 0.1) is 0 Å². The van der Waals surface area contributed by atoms with E-state index in [1.807, 2.05) is 42.5 Å². The van der Waals surface area contributed by atoms with Crippen molar-refractivity contribution < 1.29 is 13.2 Å². The molecule has 1 amide bonds. The van der Waals surface area contributed by atoms with Crippen molar-refractivity contribution in [3.05, 3.63) is 109 Å². The molecule has 4 rings (SSSR count). The lowest BCUT2D eigenvalue weighted by molar-refractivity contribution is -0.119. The number of rotatable bonds is 7. The number of nitrogens with one attached hydrogen (secondary N) is 1. The van der Waals surface area contributed by atoms with Gasteiger partial charge in [-0.3, -0.25) is 9.10 Å². The Bertz CT molecular complexity index is 1350. The van der Waals surface area contributed by atoms with E-state index < -0.39 is 22.5 Å². The van der Waals surface area contributed by atoms with Gasteiger partial charge in [-0.1, -0.05) is 78.9 Å². The van der Waals surface area contributed by atoms with E-state index in [4.69, 9.17) is 0 Å². The zero-order chi connectivity index (χ0) is 22.4. The number of nitrogens with zero attached hydrogens (tertiary/aromatic N) is 2. The SMILES string of the molecule is O=C(CN(c1ccccc1)S(=O)(=O)c1ccccc1)N/N=C\c1cccc2ccccc12. The number of fused-ring (bicyclic) bond motifs is 1. The Labute approximate surface area is 186 Å². The van der Waals surface area contributed by atoms with Crippen LogP contribution >= 0.6 is 0 Å². The number of carbonyl (C=O) groups excluding carboxylic acids is 1. The molecule has 0 heterocycles. The van der Waals surface area contributed by atoms with Crippen molar-refractivity contribution in [3.8, 4) is 0 Å². The monoisotopic (exact) mass is 443 g/mol. The first-order chi connectivity index (χ1) is 15.6. The number of hydrogen-bond acceptors (Lipinski definition) is 4. The molecule has 0 aliphatic heterocycles. The van der Waals surface area contributed by atoms with Gasteiger partial charge in [0, 0.05) is 5.56 Å². The van der Waals surface area contributed by atoms with Crippen molar-refractivity contribution in [2.45, 2.75) is 4.90 Å². The zero-order valence-corrected chi connectivity index (χ0v) is 17.9. The van der Waals surface area contributed by atoms with Gasteiger partial charge < -0.3 is 0 Å². The Hall–Kier alpha value is -3.97. The van der Waals surface area contributed by atoms with Crippen molar-refractivity contribution in [2.75, 3.05) is 10.8 Å². The maximum absolute atomic E-state index is 13.2. The molecule has 0 bridgehead atoms. The molecule has 0 aliphatic rings. The maximum Gasteiger partial charge on any atom is 0.264 e. The summed E-state index contributed by atoms with van der Waals surface area (Å²) in [6, 6.07) is 30.2. The van der Waals surface area contributed by atoms with E-state index in [1.165, 1.54) is 12.1 Å². The van der Waals surface area contributed by atoms with Crippen LogP contribution in [0.2, 0.25) is 0 Å². The summed E-state index contributed by atoms with van der Waals surface area (Å²) in [4.78, 5) is 12.7. The highest BCUT2D eigenvalue weighted by molar-refractivity contribution is 7.92. The molecule has 0 unspecified atom stereocenters. The minimum atomic E-state index is -3.93. The lowest BCUT2D eigenvalue weighted by Crippen LogP contribution is -2.39. The van der Waals surface area contributed by atoms with Gasteiger partial charge in [0.05, 0.1) is 16.8 Å². The van der Waals surface area contributed by atoms with E-state index in [-0.39, 0.29) is 4.90 Å². The fourth-order valence-electron chi connectivity index (χ4n) is 3.33. The molecule has 0 saturated carbocycles. The zero-order valence-electron chi connectivity index (χ0n) is 17.1. The second-order valence-electron chi connectivity index (χ2n) is 7.02. The summed E-state index contributed by atoms with van der Waals surface area (Å²) < 4.78 is 27.5. The van der Waals surface area contributed by atoms with E-state index in [0.717, 1.165) is 20.6 Å². The van der Waals surface area contributed by atoms with Crippen molar-refractivity contribution >= 4 is 38.6 Å². The number of hydrazone groups is 1. The maximum atomic E-state index is 13.2. The summed E-state index contributed by atoms with van der Waals surface area (Å²) in [7, 11) is -3.93. The van der Waals surface area contributed by atoms with Gasteiger partial charge in [0.2, 0.25) is 0 Å². The largest absolute Gasteiger partial charge is 0.271 e. The third-order valence-corrected chi connectivity index (χ3v) is 6.67. The molecule has 4 aromatic rings. The summed E-state index contributed by atoms with van der Waals surface area (Å²) in [5.41, 5.74) is 3.68. The minimum Gasteiger partial charge on any atom is -0.271 e. The van der Waals surface area contributed by atoms with Gasteiger partial charge >= 0.3 is 0 Å². The summed E-state index contributed by atoms with van der Waals surface area (Å²) in [6.45, 7) is -0.409.